The molecule has 1 aromatic carbocycles. The summed E-state index contributed by atoms with van der Waals surface area (Å²) < 4.78 is 75.8. The smallest absolute Gasteiger partial charge is 0.423 e. The zero-order valence-electron chi connectivity index (χ0n) is 20.9. The highest BCUT2D eigenvalue weighted by molar-refractivity contribution is 5.86. The lowest BCUT2D eigenvalue weighted by molar-refractivity contribution is -0.138. The van der Waals surface area contributed by atoms with Gasteiger partial charge in [-0.1, -0.05) is 0 Å². The summed E-state index contributed by atoms with van der Waals surface area (Å²) in [7, 11) is 0. The third-order valence-electron chi connectivity index (χ3n) is 5.84. The second-order valence-electron chi connectivity index (χ2n) is 8.87. The van der Waals surface area contributed by atoms with E-state index in [9.17, 15) is 31.5 Å². The van der Waals surface area contributed by atoms with Gasteiger partial charge in [-0.3, -0.25) is 9.59 Å². The van der Waals surface area contributed by atoms with Gasteiger partial charge in [-0.15, -0.1) is 0 Å². The van der Waals surface area contributed by atoms with E-state index in [2.05, 4.69) is 20.4 Å². The SMILES string of the molecule is C[C@@H](C[C@H](F)Cn1ccc2cc(-c3ncc(OCCO)cn3)c(F)cc2c1=O)Nc1cn[nH]c(=O)c1C(F)(F)F. The molecule has 0 spiro atoms. The molecule has 0 saturated carbocycles. The first-order chi connectivity index (χ1) is 19.0. The number of aromatic nitrogens is 5. The van der Waals surface area contributed by atoms with Crippen LogP contribution in [0.2, 0.25) is 0 Å². The maximum atomic E-state index is 14.9. The number of aliphatic hydroxyl groups excluding tert-OH is 1. The first kappa shape index (κ1) is 28.6. The number of ether oxygens (including phenoxy) is 1. The summed E-state index contributed by atoms with van der Waals surface area (Å²) in [5.74, 6) is -0.468. The molecular weight excluding hydrogens is 543 g/mol. The van der Waals surface area contributed by atoms with Crippen LogP contribution in [0.1, 0.15) is 18.9 Å². The molecule has 4 rings (SSSR count). The molecule has 10 nitrogen and oxygen atoms in total. The fraction of sp³-hybridized carbons (Fsp3) is 0.320. The van der Waals surface area contributed by atoms with Gasteiger partial charge >= 0.3 is 6.18 Å². The Morgan fingerprint density at radius 2 is 1.90 bits per heavy atom. The number of aromatic amines is 1. The Morgan fingerprint density at radius 3 is 2.58 bits per heavy atom. The van der Waals surface area contributed by atoms with Gasteiger partial charge < -0.3 is 19.7 Å². The summed E-state index contributed by atoms with van der Waals surface area (Å²) >= 11 is 0. The molecule has 0 fully saturated rings. The van der Waals surface area contributed by atoms with E-state index >= 15 is 0 Å². The topological polar surface area (TPSA) is 135 Å². The molecule has 40 heavy (non-hydrogen) atoms. The highest BCUT2D eigenvalue weighted by Gasteiger charge is 2.37. The number of nitrogens with one attached hydrogen (secondary N) is 2. The van der Waals surface area contributed by atoms with Crippen LogP contribution in [0.4, 0.5) is 27.6 Å². The third kappa shape index (κ3) is 6.42. The van der Waals surface area contributed by atoms with Gasteiger partial charge in [0, 0.05) is 18.7 Å². The van der Waals surface area contributed by atoms with Crippen molar-refractivity contribution in [2.75, 3.05) is 18.5 Å². The molecule has 0 unspecified atom stereocenters. The quantitative estimate of drug-likeness (QED) is 0.249. The molecular formula is C25H23F5N6O4. The Labute approximate surface area is 222 Å². The van der Waals surface area contributed by atoms with Crippen molar-refractivity contribution < 1.29 is 31.8 Å². The Morgan fingerprint density at radius 1 is 1.18 bits per heavy atom. The van der Waals surface area contributed by atoms with Gasteiger partial charge in [0.15, 0.2) is 11.6 Å². The van der Waals surface area contributed by atoms with Crippen LogP contribution in [0.5, 0.6) is 5.75 Å². The Balaban J connectivity index is 1.49. The van der Waals surface area contributed by atoms with Crippen molar-refractivity contribution >= 4 is 16.5 Å². The third-order valence-corrected chi connectivity index (χ3v) is 5.84. The van der Waals surface area contributed by atoms with Crippen molar-refractivity contribution in [3.8, 4) is 17.1 Å². The largest absolute Gasteiger partial charge is 0.488 e. The number of fused-ring (bicyclic) bond motifs is 1. The van der Waals surface area contributed by atoms with E-state index in [1.807, 2.05) is 0 Å². The Bertz CT molecular complexity index is 1610. The van der Waals surface area contributed by atoms with E-state index in [0.29, 0.717) is 5.39 Å². The minimum absolute atomic E-state index is 0.0190. The fourth-order valence-corrected chi connectivity index (χ4v) is 4.10. The Kier molecular flexibility index (Phi) is 8.42. The normalized spacial score (nSPS) is 13.3. The number of H-pyrrole nitrogens is 1. The van der Waals surface area contributed by atoms with Gasteiger partial charge in [0.05, 0.1) is 48.4 Å². The number of hydrogen-bond donors (Lipinski definition) is 3. The van der Waals surface area contributed by atoms with Crippen molar-refractivity contribution in [3.63, 3.8) is 0 Å². The molecule has 0 amide bonds. The van der Waals surface area contributed by atoms with Gasteiger partial charge in [0.2, 0.25) is 0 Å². The highest BCUT2D eigenvalue weighted by Crippen LogP contribution is 2.32. The summed E-state index contributed by atoms with van der Waals surface area (Å²) in [4.78, 5) is 32.7. The van der Waals surface area contributed by atoms with Crippen molar-refractivity contribution in [2.45, 2.75) is 38.3 Å². The molecule has 0 saturated heterocycles. The van der Waals surface area contributed by atoms with Gasteiger partial charge in [-0.05, 0) is 30.5 Å². The number of hydrogen-bond acceptors (Lipinski definition) is 8. The summed E-state index contributed by atoms with van der Waals surface area (Å²) in [5, 5.41) is 16.7. The average Bonchev–Trinajstić information content (AvgIpc) is 2.88. The van der Waals surface area contributed by atoms with Crippen molar-refractivity contribution in [3.05, 3.63) is 75.1 Å². The summed E-state index contributed by atoms with van der Waals surface area (Å²) in [6, 6.07) is 3.01. The second kappa shape index (κ2) is 11.8. The van der Waals surface area contributed by atoms with Crippen LogP contribution in [0.15, 0.2) is 52.6 Å². The predicted molar refractivity (Wildman–Crippen MR) is 134 cm³/mol. The highest BCUT2D eigenvalue weighted by atomic mass is 19.4. The van der Waals surface area contributed by atoms with Gasteiger partial charge in [-0.2, -0.15) is 18.3 Å². The first-order valence-corrected chi connectivity index (χ1v) is 11.9. The van der Waals surface area contributed by atoms with Crippen LogP contribution in [-0.2, 0) is 12.7 Å². The molecule has 3 aromatic heterocycles. The molecule has 2 atom stereocenters. The molecule has 0 aliphatic rings. The number of anilines is 1. The van der Waals surface area contributed by atoms with E-state index in [0.717, 1.165) is 16.8 Å². The van der Waals surface area contributed by atoms with Gasteiger partial charge in [0.25, 0.3) is 11.1 Å². The van der Waals surface area contributed by atoms with Crippen LogP contribution in [0, 0.1) is 5.82 Å². The van der Waals surface area contributed by atoms with Crippen molar-refractivity contribution in [1.82, 2.24) is 24.7 Å². The van der Waals surface area contributed by atoms with Gasteiger partial charge in [-0.25, -0.2) is 23.8 Å². The van der Waals surface area contributed by atoms with E-state index in [4.69, 9.17) is 9.84 Å². The number of benzene rings is 1. The van der Waals surface area contributed by atoms with E-state index in [1.54, 1.807) is 5.10 Å². The lowest BCUT2D eigenvalue weighted by atomic mass is 10.1. The molecule has 0 aliphatic carbocycles. The number of aliphatic hydroxyl groups is 1. The monoisotopic (exact) mass is 566 g/mol. The van der Waals surface area contributed by atoms with Crippen molar-refractivity contribution in [1.29, 1.82) is 0 Å². The molecule has 0 radical (unpaired) electrons. The number of rotatable bonds is 10. The predicted octanol–water partition coefficient (Wildman–Crippen LogP) is 3.30. The number of nitrogens with zero attached hydrogens (tertiary/aromatic N) is 4. The molecule has 3 heterocycles. The van der Waals surface area contributed by atoms with Crippen molar-refractivity contribution in [2.24, 2.45) is 0 Å². The molecule has 0 aliphatic heterocycles. The van der Waals surface area contributed by atoms with Crippen LogP contribution < -0.4 is 21.2 Å². The number of halogens is 5. The molecule has 4 aromatic rings. The maximum Gasteiger partial charge on any atom is 0.423 e. The van der Waals surface area contributed by atoms with E-state index < -0.39 is 53.1 Å². The molecule has 0 bridgehead atoms. The Hall–Kier alpha value is -4.40. The van der Waals surface area contributed by atoms with Gasteiger partial charge in [0.1, 0.15) is 24.2 Å². The zero-order valence-corrected chi connectivity index (χ0v) is 20.9. The zero-order chi connectivity index (χ0) is 29.0. The fourth-order valence-electron chi connectivity index (χ4n) is 4.10. The summed E-state index contributed by atoms with van der Waals surface area (Å²) in [6.07, 6.45) is -2.20. The second-order valence-corrected chi connectivity index (χ2v) is 8.87. The minimum Gasteiger partial charge on any atom is -0.488 e. The van der Waals surface area contributed by atoms with E-state index in [1.165, 1.54) is 37.6 Å². The summed E-state index contributed by atoms with van der Waals surface area (Å²) in [6.45, 7) is 0.816. The molecule has 15 heteroatoms. The van der Waals surface area contributed by atoms with E-state index in [-0.39, 0.29) is 42.2 Å². The minimum atomic E-state index is -4.95. The number of alkyl halides is 4. The van der Waals surface area contributed by atoms with Crippen LogP contribution in [-0.4, -0.2) is 55.3 Å². The lowest BCUT2D eigenvalue weighted by Gasteiger charge is -2.20. The average molecular weight is 566 g/mol. The van der Waals surface area contributed by atoms with Crippen LogP contribution in [0.3, 0.4) is 0 Å². The first-order valence-electron chi connectivity index (χ1n) is 11.9. The maximum absolute atomic E-state index is 14.9. The van der Waals surface area contributed by atoms with Crippen LogP contribution in [0.25, 0.3) is 22.2 Å². The molecule has 3 N–H and O–H groups in total. The van der Waals surface area contributed by atoms with Crippen LogP contribution >= 0.6 is 0 Å². The number of pyridine rings is 1. The molecule has 212 valence electrons. The summed E-state index contributed by atoms with van der Waals surface area (Å²) in [5.41, 5.74) is -4.16. The standard InChI is InChI=1S/C25H23F5N6O4/c1-13(34-20-11-33-35-23(38)21(20)25(28,29)30)6-15(26)12-36-3-2-14-7-18(19(27)8-17(14)24(36)39)22-31-9-16(10-32-22)40-5-4-37/h2-3,7-11,13,15,37H,4-6,12H2,1H3,(H2,34,35,38)/t13-,15-/m0/s1. The lowest BCUT2D eigenvalue weighted by Crippen LogP contribution is -2.30.